The van der Waals surface area contributed by atoms with E-state index >= 15 is 0 Å². The molecule has 21 heavy (non-hydrogen) atoms. The summed E-state index contributed by atoms with van der Waals surface area (Å²) in [5.74, 6) is -2.95. The molecular formula is C14H22F2N2O3. The van der Waals surface area contributed by atoms with Gasteiger partial charge in [0.05, 0.1) is 13.1 Å². The van der Waals surface area contributed by atoms with Gasteiger partial charge in [-0.15, -0.1) is 0 Å². The van der Waals surface area contributed by atoms with Crippen LogP contribution in [-0.4, -0.2) is 59.5 Å². The van der Waals surface area contributed by atoms with E-state index in [0.717, 1.165) is 0 Å². The van der Waals surface area contributed by atoms with E-state index in [-0.39, 0.29) is 24.3 Å². The predicted molar refractivity (Wildman–Crippen MR) is 72.1 cm³/mol. The van der Waals surface area contributed by atoms with Gasteiger partial charge in [-0.1, -0.05) is 0 Å². The molecule has 0 bridgehead atoms. The maximum atomic E-state index is 12.7. The van der Waals surface area contributed by atoms with Gasteiger partial charge in [0.25, 0.3) is 5.92 Å². The molecule has 0 saturated carbocycles. The normalized spacial score (nSPS) is 24.7. The largest absolute Gasteiger partial charge is 0.444 e. The summed E-state index contributed by atoms with van der Waals surface area (Å²) in [5, 5.41) is 0. The highest BCUT2D eigenvalue weighted by Gasteiger charge is 2.46. The summed E-state index contributed by atoms with van der Waals surface area (Å²) in [4.78, 5) is 26.5. The molecule has 2 amide bonds. The van der Waals surface area contributed by atoms with Crippen molar-refractivity contribution in [1.29, 1.82) is 0 Å². The van der Waals surface area contributed by atoms with Gasteiger partial charge in [-0.05, 0) is 33.1 Å². The van der Waals surface area contributed by atoms with Crippen molar-refractivity contribution in [2.45, 2.75) is 45.1 Å². The molecule has 5 nitrogen and oxygen atoms in total. The molecule has 0 aromatic rings. The standard InChI is InChI=1S/C14H22F2N2O3/c1-13(2,3)21-12(20)17-5-4-10(7-17)6-11(19)18-8-14(15,16)9-18/h10H,4-9H2,1-3H3/t10-/m1/s1. The number of carbonyl (C=O) groups excluding carboxylic acids is 2. The topological polar surface area (TPSA) is 49.9 Å². The van der Waals surface area contributed by atoms with E-state index in [1.165, 1.54) is 4.90 Å². The van der Waals surface area contributed by atoms with Gasteiger partial charge in [-0.2, -0.15) is 0 Å². The highest BCUT2D eigenvalue weighted by atomic mass is 19.3. The van der Waals surface area contributed by atoms with Crippen molar-refractivity contribution in [3.63, 3.8) is 0 Å². The van der Waals surface area contributed by atoms with Crippen molar-refractivity contribution in [3.8, 4) is 0 Å². The zero-order valence-electron chi connectivity index (χ0n) is 12.7. The first kappa shape index (κ1) is 16.0. The van der Waals surface area contributed by atoms with Crippen molar-refractivity contribution >= 4 is 12.0 Å². The Morgan fingerprint density at radius 1 is 1.24 bits per heavy atom. The van der Waals surface area contributed by atoms with Crippen LogP contribution in [0, 0.1) is 5.92 Å². The summed E-state index contributed by atoms with van der Waals surface area (Å²) in [6.45, 7) is 5.43. The average Bonchev–Trinajstić information content (AvgIpc) is 2.71. The molecule has 2 aliphatic heterocycles. The van der Waals surface area contributed by atoms with Crippen LogP contribution in [-0.2, 0) is 9.53 Å². The molecular weight excluding hydrogens is 282 g/mol. The van der Waals surface area contributed by atoms with Crippen molar-refractivity contribution in [2.75, 3.05) is 26.2 Å². The number of halogens is 2. The number of ether oxygens (including phenoxy) is 1. The fourth-order valence-electron chi connectivity index (χ4n) is 2.56. The zero-order chi connectivity index (χ0) is 15.8. The highest BCUT2D eigenvalue weighted by Crippen LogP contribution is 2.29. The minimum atomic E-state index is -2.73. The molecule has 2 aliphatic rings. The van der Waals surface area contributed by atoms with E-state index in [2.05, 4.69) is 0 Å². The van der Waals surface area contributed by atoms with Crippen LogP contribution < -0.4 is 0 Å². The lowest BCUT2D eigenvalue weighted by Crippen LogP contribution is -2.58. The molecule has 0 spiro atoms. The van der Waals surface area contributed by atoms with Gasteiger partial charge < -0.3 is 14.5 Å². The highest BCUT2D eigenvalue weighted by molar-refractivity contribution is 5.78. The van der Waals surface area contributed by atoms with Crippen LogP contribution in [0.4, 0.5) is 13.6 Å². The summed E-state index contributed by atoms with van der Waals surface area (Å²) in [5.41, 5.74) is -0.547. The molecule has 2 saturated heterocycles. The number of hydrogen-bond donors (Lipinski definition) is 0. The lowest BCUT2D eigenvalue weighted by atomic mass is 10.0. The van der Waals surface area contributed by atoms with E-state index < -0.39 is 24.6 Å². The number of amides is 2. The van der Waals surface area contributed by atoms with Crippen molar-refractivity contribution in [2.24, 2.45) is 5.92 Å². The maximum Gasteiger partial charge on any atom is 0.410 e. The molecule has 0 aliphatic carbocycles. The Bertz CT molecular complexity index is 426. The van der Waals surface area contributed by atoms with Crippen LogP contribution >= 0.6 is 0 Å². The molecule has 0 N–H and O–H groups in total. The second-order valence-electron chi connectivity index (χ2n) is 6.89. The van der Waals surface area contributed by atoms with Gasteiger partial charge in [0.2, 0.25) is 5.91 Å². The Labute approximate surface area is 123 Å². The van der Waals surface area contributed by atoms with Gasteiger partial charge >= 0.3 is 6.09 Å². The van der Waals surface area contributed by atoms with Crippen LogP contribution in [0.2, 0.25) is 0 Å². The maximum absolute atomic E-state index is 12.7. The first-order valence-electron chi connectivity index (χ1n) is 7.19. The second-order valence-corrected chi connectivity index (χ2v) is 6.89. The Morgan fingerprint density at radius 2 is 1.86 bits per heavy atom. The van der Waals surface area contributed by atoms with Gasteiger partial charge in [0.15, 0.2) is 0 Å². The summed E-state index contributed by atoms with van der Waals surface area (Å²) in [6, 6.07) is 0. The Balaban J connectivity index is 1.75. The van der Waals surface area contributed by atoms with E-state index in [1.54, 1.807) is 25.7 Å². The first-order chi connectivity index (χ1) is 9.56. The van der Waals surface area contributed by atoms with E-state index in [9.17, 15) is 18.4 Å². The molecule has 0 aromatic heterocycles. The molecule has 1 atom stereocenters. The quantitative estimate of drug-likeness (QED) is 0.785. The number of alkyl halides is 2. The zero-order valence-corrected chi connectivity index (χ0v) is 12.7. The van der Waals surface area contributed by atoms with Crippen molar-refractivity contribution < 1.29 is 23.1 Å². The Hall–Kier alpha value is -1.40. The summed E-state index contributed by atoms with van der Waals surface area (Å²) in [6.07, 6.45) is 0.540. The van der Waals surface area contributed by atoms with E-state index in [0.29, 0.717) is 19.5 Å². The number of rotatable bonds is 2. The molecule has 2 heterocycles. The van der Waals surface area contributed by atoms with Gasteiger partial charge in [0, 0.05) is 19.5 Å². The second kappa shape index (κ2) is 5.42. The first-order valence-corrected chi connectivity index (χ1v) is 7.19. The Kier molecular flexibility index (Phi) is 4.13. The molecule has 0 aromatic carbocycles. The third kappa shape index (κ3) is 4.28. The molecule has 0 radical (unpaired) electrons. The smallest absolute Gasteiger partial charge is 0.410 e. The van der Waals surface area contributed by atoms with Crippen LogP contribution in [0.15, 0.2) is 0 Å². The summed E-state index contributed by atoms with van der Waals surface area (Å²) < 4.78 is 30.7. The molecule has 2 rings (SSSR count). The van der Waals surface area contributed by atoms with Crippen LogP contribution in [0.1, 0.15) is 33.6 Å². The summed E-state index contributed by atoms with van der Waals surface area (Å²) in [7, 11) is 0. The van der Waals surface area contributed by atoms with Crippen LogP contribution in [0.5, 0.6) is 0 Å². The minimum Gasteiger partial charge on any atom is -0.444 e. The van der Waals surface area contributed by atoms with E-state index in [4.69, 9.17) is 4.74 Å². The molecule has 2 fully saturated rings. The summed E-state index contributed by atoms with van der Waals surface area (Å²) >= 11 is 0. The number of nitrogens with zero attached hydrogens (tertiary/aromatic N) is 2. The molecule has 120 valence electrons. The number of carbonyl (C=O) groups is 2. The van der Waals surface area contributed by atoms with Gasteiger partial charge in [0.1, 0.15) is 5.60 Å². The van der Waals surface area contributed by atoms with Crippen LogP contribution in [0.3, 0.4) is 0 Å². The van der Waals surface area contributed by atoms with Crippen LogP contribution in [0.25, 0.3) is 0 Å². The SMILES string of the molecule is CC(C)(C)OC(=O)N1CC[C@H](CC(=O)N2CC(F)(F)C2)C1. The fraction of sp³-hybridized carbons (Fsp3) is 0.857. The third-order valence-corrected chi connectivity index (χ3v) is 3.60. The average molecular weight is 304 g/mol. The third-order valence-electron chi connectivity index (χ3n) is 3.60. The molecule has 7 heteroatoms. The van der Waals surface area contributed by atoms with Crippen molar-refractivity contribution in [3.05, 3.63) is 0 Å². The Morgan fingerprint density at radius 3 is 2.38 bits per heavy atom. The van der Waals surface area contributed by atoms with E-state index in [1.807, 2.05) is 0 Å². The lowest BCUT2D eigenvalue weighted by molar-refractivity contribution is -0.166. The fourth-order valence-corrected chi connectivity index (χ4v) is 2.56. The van der Waals surface area contributed by atoms with Gasteiger partial charge in [-0.3, -0.25) is 4.79 Å². The lowest BCUT2D eigenvalue weighted by Gasteiger charge is -2.39. The number of hydrogen-bond acceptors (Lipinski definition) is 3. The molecule has 0 unspecified atom stereocenters. The van der Waals surface area contributed by atoms with Gasteiger partial charge in [-0.25, -0.2) is 13.6 Å². The van der Waals surface area contributed by atoms with Crippen molar-refractivity contribution in [1.82, 2.24) is 9.80 Å². The number of likely N-dealkylation sites (tertiary alicyclic amines) is 2. The monoisotopic (exact) mass is 304 g/mol. The minimum absolute atomic E-state index is 0.0271. The predicted octanol–water partition coefficient (Wildman–Crippen LogP) is 2.11.